The Bertz CT molecular complexity index is 522. The first-order valence-electron chi connectivity index (χ1n) is 5.57. The van der Waals surface area contributed by atoms with Crippen molar-refractivity contribution in [2.24, 2.45) is 0 Å². The lowest BCUT2D eigenvalue weighted by molar-refractivity contribution is -0.131. The Morgan fingerprint density at radius 2 is 2.00 bits per heavy atom. The van der Waals surface area contributed by atoms with Gasteiger partial charge in [0.1, 0.15) is 0 Å². The summed E-state index contributed by atoms with van der Waals surface area (Å²) >= 11 is 0. The van der Waals surface area contributed by atoms with Gasteiger partial charge >= 0.3 is 12.1 Å². The molecule has 2 rings (SSSR count). The molecule has 0 unspecified atom stereocenters. The SMILES string of the molecule is O=C(O)/C=C/c1ccc2c(c1)CN(C(=O)O)CC2. The Morgan fingerprint density at radius 1 is 1.22 bits per heavy atom. The monoisotopic (exact) mass is 247 g/mol. The molecule has 0 saturated heterocycles. The minimum absolute atomic E-state index is 0.361. The molecule has 0 bridgehead atoms. The molecule has 1 heterocycles. The fourth-order valence-corrected chi connectivity index (χ4v) is 2.01. The molecular weight excluding hydrogens is 234 g/mol. The summed E-state index contributed by atoms with van der Waals surface area (Å²) in [5.41, 5.74) is 2.83. The number of benzene rings is 1. The predicted octanol–water partition coefficient (Wildman–Crippen LogP) is 1.82. The predicted molar refractivity (Wildman–Crippen MR) is 65.3 cm³/mol. The van der Waals surface area contributed by atoms with Gasteiger partial charge in [0.05, 0.1) is 0 Å². The van der Waals surface area contributed by atoms with E-state index in [4.69, 9.17) is 10.2 Å². The van der Waals surface area contributed by atoms with Crippen LogP contribution in [0.1, 0.15) is 16.7 Å². The maximum atomic E-state index is 10.9. The van der Waals surface area contributed by atoms with E-state index in [0.29, 0.717) is 19.5 Å². The van der Waals surface area contributed by atoms with Gasteiger partial charge in [-0.1, -0.05) is 12.1 Å². The molecule has 0 atom stereocenters. The van der Waals surface area contributed by atoms with Crippen LogP contribution >= 0.6 is 0 Å². The molecule has 0 saturated carbocycles. The first-order valence-corrected chi connectivity index (χ1v) is 5.57. The molecule has 1 aliphatic heterocycles. The van der Waals surface area contributed by atoms with Crippen LogP contribution in [0, 0.1) is 0 Å². The number of fused-ring (bicyclic) bond motifs is 1. The number of nitrogens with zero attached hydrogens (tertiary/aromatic N) is 1. The molecule has 1 amide bonds. The fraction of sp³-hybridized carbons (Fsp3) is 0.231. The minimum atomic E-state index is -1.00. The Morgan fingerprint density at radius 3 is 2.67 bits per heavy atom. The van der Waals surface area contributed by atoms with E-state index in [9.17, 15) is 9.59 Å². The van der Waals surface area contributed by atoms with Crippen LogP contribution in [0.4, 0.5) is 4.79 Å². The average molecular weight is 247 g/mol. The third-order valence-corrected chi connectivity index (χ3v) is 2.93. The molecule has 0 aromatic heterocycles. The first-order chi connectivity index (χ1) is 8.56. The van der Waals surface area contributed by atoms with Gasteiger partial charge < -0.3 is 15.1 Å². The number of hydrogen-bond acceptors (Lipinski definition) is 2. The number of hydrogen-bond donors (Lipinski definition) is 2. The largest absolute Gasteiger partial charge is 0.478 e. The van der Waals surface area contributed by atoms with E-state index in [-0.39, 0.29) is 0 Å². The number of amides is 1. The molecule has 2 N–H and O–H groups in total. The van der Waals surface area contributed by atoms with Crippen molar-refractivity contribution in [3.8, 4) is 0 Å². The van der Waals surface area contributed by atoms with Crippen LogP contribution < -0.4 is 0 Å². The number of carboxylic acids is 1. The van der Waals surface area contributed by atoms with E-state index >= 15 is 0 Å². The van der Waals surface area contributed by atoms with Crippen LogP contribution in [-0.2, 0) is 17.8 Å². The van der Waals surface area contributed by atoms with Crippen LogP contribution in [-0.4, -0.2) is 33.7 Å². The average Bonchev–Trinajstić information content (AvgIpc) is 2.35. The van der Waals surface area contributed by atoms with Gasteiger partial charge in [-0.25, -0.2) is 9.59 Å². The summed E-state index contributed by atoms with van der Waals surface area (Å²) < 4.78 is 0. The highest BCUT2D eigenvalue weighted by atomic mass is 16.4. The Hall–Kier alpha value is -2.30. The first kappa shape index (κ1) is 12.2. The van der Waals surface area contributed by atoms with Crippen LogP contribution in [0.15, 0.2) is 24.3 Å². The van der Waals surface area contributed by atoms with E-state index in [0.717, 1.165) is 22.8 Å². The normalized spacial score (nSPS) is 14.6. The second kappa shape index (κ2) is 4.91. The maximum absolute atomic E-state index is 10.9. The smallest absolute Gasteiger partial charge is 0.407 e. The molecule has 1 aromatic rings. The van der Waals surface area contributed by atoms with E-state index in [2.05, 4.69) is 0 Å². The molecular formula is C13H13NO4. The number of rotatable bonds is 2. The zero-order chi connectivity index (χ0) is 13.1. The van der Waals surface area contributed by atoms with Gasteiger partial charge in [0.2, 0.25) is 0 Å². The highest BCUT2D eigenvalue weighted by Gasteiger charge is 2.19. The lowest BCUT2D eigenvalue weighted by atomic mass is 9.97. The summed E-state index contributed by atoms with van der Waals surface area (Å²) in [6.45, 7) is 0.867. The van der Waals surface area contributed by atoms with Crippen LogP contribution in [0.25, 0.3) is 6.08 Å². The zero-order valence-electron chi connectivity index (χ0n) is 9.67. The molecule has 5 heteroatoms. The van der Waals surface area contributed by atoms with E-state index in [1.165, 1.54) is 11.0 Å². The van der Waals surface area contributed by atoms with Crippen molar-refractivity contribution < 1.29 is 19.8 Å². The summed E-state index contributed by atoms with van der Waals surface area (Å²) in [7, 11) is 0. The fourth-order valence-electron chi connectivity index (χ4n) is 2.01. The van der Waals surface area contributed by atoms with Gasteiger partial charge in [-0.3, -0.25) is 0 Å². The zero-order valence-corrected chi connectivity index (χ0v) is 9.67. The molecule has 5 nitrogen and oxygen atoms in total. The number of carboxylic acid groups (broad SMARTS) is 2. The molecule has 0 fully saturated rings. The van der Waals surface area contributed by atoms with Crippen LogP contribution in [0.2, 0.25) is 0 Å². The summed E-state index contributed by atoms with van der Waals surface area (Å²) in [5, 5.41) is 17.5. The molecule has 0 aliphatic carbocycles. The highest BCUT2D eigenvalue weighted by Crippen LogP contribution is 2.21. The highest BCUT2D eigenvalue weighted by molar-refractivity contribution is 5.85. The molecule has 94 valence electrons. The lowest BCUT2D eigenvalue weighted by Gasteiger charge is -2.26. The number of aliphatic carboxylic acids is 1. The number of carbonyl (C=O) groups is 2. The van der Waals surface area contributed by atoms with Crippen LogP contribution in [0.3, 0.4) is 0 Å². The molecule has 0 radical (unpaired) electrons. The quantitative estimate of drug-likeness (QED) is 0.781. The van der Waals surface area contributed by atoms with E-state index in [1.54, 1.807) is 0 Å². The van der Waals surface area contributed by atoms with Gasteiger partial charge in [0.25, 0.3) is 0 Å². The Labute approximate surface area is 104 Å². The summed E-state index contributed by atoms with van der Waals surface area (Å²) in [4.78, 5) is 22.7. The van der Waals surface area contributed by atoms with Gasteiger partial charge in [0.15, 0.2) is 0 Å². The Kier molecular flexibility index (Phi) is 3.32. The van der Waals surface area contributed by atoms with E-state index in [1.807, 2.05) is 18.2 Å². The van der Waals surface area contributed by atoms with E-state index < -0.39 is 12.1 Å². The van der Waals surface area contributed by atoms with Crippen molar-refractivity contribution in [3.05, 3.63) is 41.0 Å². The minimum Gasteiger partial charge on any atom is -0.478 e. The van der Waals surface area contributed by atoms with Crippen molar-refractivity contribution in [2.45, 2.75) is 13.0 Å². The molecule has 0 spiro atoms. The molecule has 1 aromatic carbocycles. The van der Waals surface area contributed by atoms with Crippen molar-refractivity contribution in [1.29, 1.82) is 0 Å². The molecule has 18 heavy (non-hydrogen) atoms. The van der Waals surface area contributed by atoms with Gasteiger partial charge in [-0.05, 0) is 35.3 Å². The van der Waals surface area contributed by atoms with Gasteiger partial charge in [0, 0.05) is 19.2 Å². The van der Waals surface area contributed by atoms with Crippen LogP contribution in [0.5, 0.6) is 0 Å². The third-order valence-electron chi connectivity index (χ3n) is 2.93. The van der Waals surface area contributed by atoms with Crippen molar-refractivity contribution >= 4 is 18.1 Å². The summed E-state index contributed by atoms with van der Waals surface area (Å²) in [6, 6.07) is 5.61. The maximum Gasteiger partial charge on any atom is 0.407 e. The molecule has 1 aliphatic rings. The lowest BCUT2D eigenvalue weighted by Crippen LogP contribution is -2.34. The Balaban J connectivity index is 2.23. The van der Waals surface area contributed by atoms with Gasteiger partial charge in [-0.15, -0.1) is 0 Å². The second-order valence-corrected chi connectivity index (χ2v) is 4.15. The van der Waals surface area contributed by atoms with Crippen molar-refractivity contribution in [2.75, 3.05) is 6.54 Å². The second-order valence-electron chi connectivity index (χ2n) is 4.15. The van der Waals surface area contributed by atoms with Gasteiger partial charge in [-0.2, -0.15) is 0 Å². The topological polar surface area (TPSA) is 77.8 Å². The standard InChI is InChI=1S/C13H13NO4/c15-12(16)4-2-9-1-3-10-5-6-14(13(17)18)8-11(10)7-9/h1-4,7H,5-6,8H2,(H,15,16)(H,17,18)/b4-2+. The van der Waals surface area contributed by atoms with Crippen molar-refractivity contribution in [3.63, 3.8) is 0 Å². The van der Waals surface area contributed by atoms with Crippen molar-refractivity contribution in [1.82, 2.24) is 4.90 Å². The summed E-state index contributed by atoms with van der Waals surface area (Å²) in [5.74, 6) is -1.00. The summed E-state index contributed by atoms with van der Waals surface area (Å²) in [6.07, 6.45) is 2.35. The third kappa shape index (κ3) is 2.68.